The Morgan fingerprint density at radius 3 is 2.58 bits per heavy atom. The van der Waals surface area contributed by atoms with Gasteiger partial charge in [-0.1, -0.05) is 13.3 Å². The molecule has 0 aromatic heterocycles. The SMILES string of the molecule is CCCCOC(C)OCC(O)F. The Bertz CT molecular complexity index is 98.3. The Hall–Kier alpha value is -0.190. The number of unbranched alkanes of at least 4 members (excludes halogenated alkanes) is 1. The van der Waals surface area contributed by atoms with Crippen molar-refractivity contribution in [2.24, 2.45) is 0 Å². The molecule has 0 aliphatic carbocycles. The minimum Gasteiger partial charge on any atom is -0.362 e. The van der Waals surface area contributed by atoms with Crippen LogP contribution in [0, 0.1) is 0 Å². The fourth-order valence-electron chi connectivity index (χ4n) is 0.657. The Balaban J connectivity index is 3.15. The van der Waals surface area contributed by atoms with E-state index in [-0.39, 0.29) is 6.61 Å². The molecule has 0 amide bonds. The summed E-state index contributed by atoms with van der Waals surface area (Å²) in [6.07, 6.45) is -0.339. The normalized spacial score (nSPS) is 16.0. The molecule has 0 aromatic carbocycles. The monoisotopic (exact) mass is 180 g/mol. The van der Waals surface area contributed by atoms with Gasteiger partial charge in [0.15, 0.2) is 6.29 Å². The third kappa shape index (κ3) is 7.91. The Morgan fingerprint density at radius 2 is 2.08 bits per heavy atom. The summed E-state index contributed by atoms with van der Waals surface area (Å²) in [7, 11) is 0. The molecule has 0 bridgehead atoms. The molecule has 0 radical (unpaired) electrons. The second-order valence-corrected chi connectivity index (χ2v) is 2.56. The molecule has 12 heavy (non-hydrogen) atoms. The van der Waals surface area contributed by atoms with Crippen LogP contribution in [-0.2, 0) is 9.47 Å². The summed E-state index contributed by atoms with van der Waals surface area (Å²) < 4.78 is 21.8. The minimum absolute atomic E-state index is 0.326. The molecular weight excluding hydrogens is 163 g/mol. The van der Waals surface area contributed by atoms with Gasteiger partial charge in [-0.15, -0.1) is 0 Å². The average molecular weight is 180 g/mol. The van der Waals surface area contributed by atoms with E-state index in [1.807, 2.05) is 0 Å². The number of hydrogen-bond donors (Lipinski definition) is 1. The average Bonchev–Trinajstić information content (AvgIpc) is 2.01. The fourth-order valence-corrected chi connectivity index (χ4v) is 0.657. The number of aliphatic hydroxyl groups excluding tert-OH is 1. The lowest BCUT2D eigenvalue weighted by Crippen LogP contribution is -2.19. The van der Waals surface area contributed by atoms with Gasteiger partial charge in [0.05, 0.1) is 0 Å². The highest BCUT2D eigenvalue weighted by atomic mass is 19.1. The van der Waals surface area contributed by atoms with Crippen molar-refractivity contribution in [3.05, 3.63) is 0 Å². The Labute approximate surface area is 72.5 Å². The van der Waals surface area contributed by atoms with Gasteiger partial charge >= 0.3 is 0 Å². The summed E-state index contributed by atoms with van der Waals surface area (Å²) >= 11 is 0. The van der Waals surface area contributed by atoms with Crippen molar-refractivity contribution in [1.29, 1.82) is 0 Å². The Morgan fingerprint density at radius 1 is 1.42 bits per heavy atom. The largest absolute Gasteiger partial charge is 0.362 e. The predicted octanol–water partition coefficient (Wildman–Crippen LogP) is 1.45. The van der Waals surface area contributed by atoms with E-state index in [4.69, 9.17) is 14.6 Å². The van der Waals surface area contributed by atoms with E-state index < -0.39 is 12.6 Å². The molecule has 4 heteroatoms. The summed E-state index contributed by atoms with van der Waals surface area (Å²) in [5.41, 5.74) is 0. The van der Waals surface area contributed by atoms with Crippen LogP contribution in [0.15, 0.2) is 0 Å². The zero-order valence-electron chi connectivity index (χ0n) is 7.62. The summed E-state index contributed by atoms with van der Waals surface area (Å²) in [6.45, 7) is 4.02. The van der Waals surface area contributed by atoms with E-state index in [0.717, 1.165) is 12.8 Å². The van der Waals surface area contributed by atoms with Crippen molar-refractivity contribution in [2.45, 2.75) is 39.3 Å². The minimum atomic E-state index is -1.91. The number of ether oxygens (including phenoxy) is 2. The highest BCUT2D eigenvalue weighted by Gasteiger charge is 2.05. The molecule has 0 aliphatic rings. The van der Waals surface area contributed by atoms with Crippen LogP contribution in [-0.4, -0.2) is 31.0 Å². The third-order valence-corrected chi connectivity index (χ3v) is 1.32. The molecule has 0 saturated heterocycles. The van der Waals surface area contributed by atoms with E-state index in [1.54, 1.807) is 6.92 Å². The van der Waals surface area contributed by atoms with Crippen LogP contribution >= 0.6 is 0 Å². The first-order chi connectivity index (χ1) is 5.66. The zero-order chi connectivity index (χ0) is 9.40. The van der Waals surface area contributed by atoms with Crippen LogP contribution in [0.3, 0.4) is 0 Å². The van der Waals surface area contributed by atoms with Gasteiger partial charge in [0.25, 0.3) is 0 Å². The number of halogens is 1. The van der Waals surface area contributed by atoms with Crippen molar-refractivity contribution in [1.82, 2.24) is 0 Å². The first-order valence-corrected chi connectivity index (χ1v) is 4.22. The molecule has 0 spiro atoms. The fraction of sp³-hybridized carbons (Fsp3) is 1.00. The molecular formula is C8H17FO3. The van der Waals surface area contributed by atoms with Crippen LogP contribution in [0.2, 0.25) is 0 Å². The van der Waals surface area contributed by atoms with E-state index in [0.29, 0.717) is 6.61 Å². The van der Waals surface area contributed by atoms with Gasteiger partial charge in [-0.25, -0.2) is 4.39 Å². The molecule has 74 valence electrons. The smallest absolute Gasteiger partial charge is 0.220 e. The molecule has 0 aromatic rings. The van der Waals surface area contributed by atoms with Crippen molar-refractivity contribution in [2.75, 3.05) is 13.2 Å². The first kappa shape index (κ1) is 11.8. The molecule has 1 N–H and O–H groups in total. The maximum Gasteiger partial charge on any atom is 0.220 e. The molecule has 2 unspecified atom stereocenters. The van der Waals surface area contributed by atoms with Crippen LogP contribution in [0.4, 0.5) is 4.39 Å². The second kappa shape index (κ2) is 7.46. The molecule has 0 fully saturated rings. The number of hydrogen-bond acceptors (Lipinski definition) is 3. The van der Waals surface area contributed by atoms with E-state index in [1.165, 1.54) is 0 Å². The maximum atomic E-state index is 11.8. The molecule has 0 saturated carbocycles. The van der Waals surface area contributed by atoms with E-state index >= 15 is 0 Å². The van der Waals surface area contributed by atoms with Gasteiger partial charge < -0.3 is 14.6 Å². The molecule has 0 aliphatic heterocycles. The number of alkyl halides is 1. The summed E-state index contributed by atoms with van der Waals surface area (Å²) in [6, 6.07) is 0. The first-order valence-electron chi connectivity index (χ1n) is 4.22. The highest BCUT2D eigenvalue weighted by Crippen LogP contribution is 1.98. The topological polar surface area (TPSA) is 38.7 Å². The van der Waals surface area contributed by atoms with Gasteiger partial charge in [-0.2, -0.15) is 0 Å². The summed E-state index contributed by atoms with van der Waals surface area (Å²) in [5.74, 6) is 0. The molecule has 2 atom stereocenters. The van der Waals surface area contributed by atoms with Crippen LogP contribution in [0.25, 0.3) is 0 Å². The Kier molecular flexibility index (Phi) is 7.34. The van der Waals surface area contributed by atoms with Crippen molar-refractivity contribution < 1.29 is 19.0 Å². The third-order valence-electron chi connectivity index (χ3n) is 1.32. The molecule has 0 heterocycles. The lowest BCUT2D eigenvalue weighted by molar-refractivity contribution is -0.163. The van der Waals surface area contributed by atoms with Crippen LogP contribution < -0.4 is 0 Å². The summed E-state index contributed by atoms with van der Waals surface area (Å²) in [4.78, 5) is 0. The van der Waals surface area contributed by atoms with Crippen LogP contribution in [0.1, 0.15) is 26.7 Å². The lowest BCUT2D eigenvalue weighted by atomic mass is 10.4. The molecule has 0 rings (SSSR count). The van der Waals surface area contributed by atoms with Crippen LogP contribution in [0.5, 0.6) is 0 Å². The van der Waals surface area contributed by atoms with E-state index in [2.05, 4.69) is 6.92 Å². The maximum absolute atomic E-state index is 11.8. The summed E-state index contributed by atoms with van der Waals surface area (Å²) in [5, 5.41) is 8.23. The van der Waals surface area contributed by atoms with Crippen molar-refractivity contribution in [3.63, 3.8) is 0 Å². The highest BCUT2D eigenvalue weighted by molar-refractivity contribution is 4.37. The predicted molar refractivity (Wildman–Crippen MR) is 43.4 cm³/mol. The zero-order valence-corrected chi connectivity index (χ0v) is 7.62. The number of aliphatic hydroxyl groups is 1. The van der Waals surface area contributed by atoms with Gasteiger partial charge in [-0.3, -0.25) is 0 Å². The van der Waals surface area contributed by atoms with Gasteiger partial charge in [0, 0.05) is 6.61 Å². The lowest BCUT2D eigenvalue weighted by Gasteiger charge is -2.13. The quantitative estimate of drug-likeness (QED) is 0.476. The standard InChI is InChI=1S/C8H17FO3/c1-3-4-5-11-7(2)12-6-8(9)10/h7-8,10H,3-6H2,1-2H3. The molecule has 3 nitrogen and oxygen atoms in total. The van der Waals surface area contributed by atoms with Crippen molar-refractivity contribution in [3.8, 4) is 0 Å². The van der Waals surface area contributed by atoms with E-state index in [9.17, 15) is 4.39 Å². The van der Waals surface area contributed by atoms with Gasteiger partial charge in [0.2, 0.25) is 6.36 Å². The van der Waals surface area contributed by atoms with Crippen molar-refractivity contribution >= 4 is 0 Å². The van der Waals surface area contributed by atoms with Gasteiger partial charge in [0.1, 0.15) is 6.61 Å². The second-order valence-electron chi connectivity index (χ2n) is 2.56. The number of rotatable bonds is 7. The van der Waals surface area contributed by atoms with Gasteiger partial charge in [-0.05, 0) is 13.3 Å².